The van der Waals surface area contributed by atoms with Gasteiger partial charge in [0.15, 0.2) is 6.61 Å². The summed E-state index contributed by atoms with van der Waals surface area (Å²) in [6, 6.07) is 11.8. The van der Waals surface area contributed by atoms with Gasteiger partial charge < -0.3 is 20.1 Å². The number of hydrogen-bond acceptors (Lipinski definition) is 4. The highest BCUT2D eigenvalue weighted by Gasteiger charge is 2.08. The number of methoxy groups -OCH3 is 1. The summed E-state index contributed by atoms with van der Waals surface area (Å²) in [5.41, 5.74) is 1.95. The first-order valence-electron chi connectivity index (χ1n) is 8.05. The van der Waals surface area contributed by atoms with Crippen molar-refractivity contribution in [2.75, 3.05) is 32.2 Å². The molecule has 0 aliphatic carbocycles. The van der Waals surface area contributed by atoms with Gasteiger partial charge in [0.25, 0.3) is 11.8 Å². The number of anilines is 1. The summed E-state index contributed by atoms with van der Waals surface area (Å²) < 4.78 is 10.4. The molecule has 0 heterocycles. The van der Waals surface area contributed by atoms with E-state index in [4.69, 9.17) is 21.1 Å². The Morgan fingerprint density at radius 1 is 1.12 bits per heavy atom. The molecule has 0 bridgehead atoms. The molecule has 0 saturated carbocycles. The molecule has 0 unspecified atom stereocenters. The Labute approximate surface area is 157 Å². The third-order valence-corrected chi connectivity index (χ3v) is 3.75. The average Bonchev–Trinajstić information content (AvgIpc) is 2.61. The largest absolute Gasteiger partial charge is 0.483 e. The van der Waals surface area contributed by atoms with Gasteiger partial charge >= 0.3 is 0 Å². The normalized spacial score (nSPS) is 10.3. The number of rotatable bonds is 8. The summed E-state index contributed by atoms with van der Waals surface area (Å²) >= 11 is 5.89. The maximum atomic E-state index is 12.0. The Morgan fingerprint density at radius 3 is 2.50 bits per heavy atom. The van der Waals surface area contributed by atoms with E-state index in [0.717, 1.165) is 5.56 Å². The van der Waals surface area contributed by atoms with Crippen molar-refractivity contribution in [2.24, 2.45) is 0 Å². The predicted molar refractivity (Wildman–Crippen MR) is 101 cm³/mol. The van der Waals surface area contributed by atoms with Gasteiger partial charge in [-0.3, -0.25) is 9.59 Å². The van der Waals surface area contributed by atoms with Crippen molar-refractivity contribution in [3.8, 4) is 5.75 Å². The smallest absolute Gasteiger partial charge is 0.262 e. The van der Waals surface area contributed by atoms with Crippen molar-refractivity contribution in [1.82, 2.24) is 5.32 Å². The summed E-state index contributed by atoms with van der Waals surface area (Å²) in [6.07, 6.45) is 0. The molecule has 0 aliphatic heterocycles. The SMILES string of the molecule is COCCNC(=O)c1ccc(NC(=O)COc2ccc(Cl)cc2C)cc1. The number of benzene rings is 2. The van der Waals surface area contributed by atoms with E-state index in [2.05, 4.69) is 10.6 Å². The van der Waals surface area contributed by atoms with Crippen molar-refractivity contribution in [1.29, 1.82) is 0 Å². The second-order valence-electron chi connectivity index (χ2n) is 5.57. The third kappa shape index (κ3) is 6.06. The molecule has 0 saturated heterocycles. The number of halogens is 1. The fraction of sp³-hybridized carbons (Fsp3) is 0.263. The molecule has 2 N–H and O–H groups in total. The lowest BCUT2D eigenvalue weighted by Crippen LogP contribution is -2.26. The number of carbonyl (C=O) groups is 2. The number of hydrogen-bond donors (Lipinski definition) is 2. The highest BCUT2D eigenvalue weighted by Crippen LogP contribution is 2.21. The van der Waals surface area contributed by atoms with Gasteiger partial charge in [0.1, 0.15) is 5.75 Å². The standard InChI is InChI=1S/C19H21ClN2O4/c1-13-11-15(20)5-8-17(13)26-12-18(23)22-16-6-3-14(4-7-16)19(24)21-9-10-25-2/h3-8,11H,9-10,12H2,1-2H3,(H,21,24)(H,22,23). The van der Waals surface area contributed by atoms with Crippen LogP contribution >= 0.6 is 11.6 Å². The first kappa shape index (κ1) is 19.8. The minimum absolute atomic E-state index is 0.123. The minimum Gasteiger partial charge on any atom is -0.483 e. The second kappa shape index (κ2) is 9.79. The molecule has 138 valence electrons. The molecule has 0 fully saturated rings. The number of carbonyl (C=O) groups excluding carboxylic acids is 2. The van der Waals surface area contributed by atoms with Crippen LogP contribution in [0.1, 0.15) is 15.9 Å². The quantitative estimate of drug-likeness (QED) is 0.694. The minimum atomic E-state index is -0.295. The first-order chi connectivity index (χ1) is 12.5. The second-order valence-corrected chi connectivity index (χ2v) is 6.01. The Hall–Kier alpha value is -2.57. The molecule has 0 spiro atoms. The van der Waals surface area contributed by atoms with E-state index in [-0.39, 0.29) is 18.4 Å². The molecule has 2 aromatic carbocycles. The van der Waals surface area contributed by atoms with Gasteiger partial charge in [0.05, 0.1) is 6.61 Å². The molecule has 26 heavy (non-hydrogen) atoms. The van der Waals surface area contributed by atoms with Crippen LogP contribution in [0, 0.1) is 6.92 Å². The van der Waals surface area contributed by atoms with Crippen LogP contribution < -0.4 is 15.4 Å². The lowest BCUT2D eigenvalue weighted by Gasteiger charge is -2.10. The van der Waals surface area contributed by atoms with Crippen LogP contribution in [-0.2, 0) is 9.53 Å². The van der Waals surface area contributed by atoms with Crippen LogP contribution in [0.25, 0.3) is 0 Å². The Kier molecular flexibility index (Phi) is 7.44. The summed E-state index contributed by atoms with van der Waals surface area (Å²) in [7, 11) is 1.57. The third-order valence-electron chi connectivity index (χ3n) is 3.52. The van der Waals surface area contributed by atoms with Gasteiger partial charge in [-0.1, -0.05) is 11.6 Å². The van der Waals surface area contributed by atoms with E-state index in [1.165, 1.54) is 0 Å². The summed E-state index contributed by atoms with van der Waals surface area (Å²) in [5.74, 6) is 0.116. The van der Waals surface area contributed by atoms with Crippen molar-refractivity contribution < 1.29 is 19.1 Å². The predicted octanol–water partition coefficient (Wildman–Crippen LogP) is 3.04. The zero-order valence-corrected chi connectivity index (χ0v) is 15.4. The monoisotopic (exact) mass is 376 g/mol. The zero-order valence-electron chi connectivity index (χ0n) is 14.7. The molecule has 2 aromatic rings. The Bertz CT molecular complexity index is 763. The molecule has 2 rings (SSSR count). The van der Waals surface area contributed by atoms with Gasteiger partial charge in [0, 0.05) is 29.9 Å². The maximum Gasteiger partial charge on any atom is 0.262 e. The van der Waals surface area contributed by atoms with Crippen LogP contribution in [0.2, 0.25) is 5.02 Å². The van der Waals surface area contributed by atoms with Gasteiger partial charge in [-0.25, -0.2) is 0 Å². The summed E-state index contributed by atoms with van der Waals surface area (Å²) in [6.45, 7) is 2.62. The number of nitrogens with one attached hydrogen (secondary N) is 2. The van der Waals surface area contributed by atoms with Crippen molar-refractivity contribution in [2.45, 2.75) is 6.92 Å². The van der Waals surface area contributed by atoms with Crippen molar-refractivity contribution >= 4 is 29.1 Å². The lowest BCUT2D eigenvalue weighted by atomic mass is 10.2. The number of aryl methyl sites for hydroxylation is 1. The van der Waals surface area contributed by atoms with E-state index in [9.17, 15) is 9.59 Å². The summed E-state index contributed by atoms with van der Waals surface area (Å²) in [5, 5.41) is 6.06. The van der Waals surface area contributed by atoms with Gasteiger partial charge in [-0.05, 0) is 55.0 Å². The Balaban J connectivity index is 1.84. The van der Waals surface area contributed by atoms with Crippen LogP contribution in [0.15, 0.2) is 42.5 Å². The fourth-order valence-electron chi connectivity index (χ4n) is 2.19. The van der Waals surface area contributed by atoms with E-state index in [1.807, 2.05) is 6.92 Å². The molecule has 6 nitrogen and oxygen atoms in total. The maximum absolute atomic E-state index is 12.0. The van der Waals surface area contributed by atoms with Crippen molar-refractivity contribution in [3.05, 3.63) is 58.6 Å². The molecule has 7 heteroatoms. The molecular weight excluding hydrogens is 356 g/mol. The molecule has 2 amide bonds. The summed E-state index contributed by atoms with van der Waals surface area (Å²) in [4.78, 5) is 23.9. The van der Waals surface area contributed by atoms with E-state index in [0.29, 0.717) is 35.2 Å². The fourth-order valence-corrected chi connectivity index (χ4v) is 2.42. The van der Waals surface area contributed by atoms with Gasteiger partial charge in [-0.15, -0.1) is 0 Å². The van der Waals surface area contributed by atoms with Crippen LogP contribution in [-0.4, -0.2) is 38.7 Å². The van der Waals surface area contributed by atoms with Gasteiger partial charge in [-0.2, -0.15) is 0 Å². The van der Waals surface area contributed by atoms with Crippen molar-refractivity contribution in [3.63, 3.8) is 0 Å². The lowest BCUT2D eigenvalue weighted by molar-refractivity contribution is -0.118. The molecule has 0 radical (unpaired) electrons. The highest BCUT2D eigenvalue weighted by atomic mass is 35.5. The molecule has 0 aromatic heterocycles. The van der Waals surface area contributed by atoms with Crippen LogP contribution in [0.3, 0.4) is 0 Å². The van der Waals surface area contributed by atoms with E-state index in [1.54, 1.807) is 49.6 Å². The Morgan fingerprint density at radius 2 is 1.85 bits per heavy atom. The number of ether oxygens (including phenoxy) is 2. The van der Waals surface area contributed by atoms with Crippen LogP contribution in [0.4, 0.5) is 5.69 Å². The zero-order chi connectivity index (χ0) is 18.9. The average molecular weight is 377 g/mol. The van der Waals surface area contributed by atoms with E-state index < -0.39 is 0 Å². The molecular formula is C19H21ClN2O4. The van der Waals surface area contributed by atoms with E-state index >= 15 is 0 Å². The molecule has 0 atom stereocenters. The molecule has 0 aliphatic rings. The highest BCUT2D eigenvalue weighted by molar-refractivity contribution is 6.30. The number of amides is 2. The van der Waals surface area contributed by atoms with Crippen LogP contribution in [0.5, 0.6) is 5.75 Å². The van der Waals surface area contributed by atoms with Gasteiger partial charge in [0.2, 0.25) is 0 Å². The first-order valence-corrected chi connectivity index (χ1v) is 8.43. The topological polar surface area (TPSA) is 76.7 Å².